The van der Waals surface area contributed by atoms with Gasteiger partial charge >= 0.3 is 0 Å². The largest absolute Gasteiger partial charge is 0.493 e. The van der Waals surface area contributed by atoms with E-state index in [-0.39, 0.29) is 5.91 Å². The second kappa shape index (κ2) is 9.43. The number of para-hydroxylation sites is 1. The molecule has 3 aromatic carbocycles. The third kappa shape index (κ3) is 5.89. The summed E-state index contributed by atoms with van der Waals surface area (Å²) < 4.78 is 5.55. The van der Waals surface area contributed by atoms with Gasteiger partial charge in [-0.25, -0.2) is 0 Å². The zero-order chi connectivity index (χ0) is 18.9. The molecule has 0 saturated carbocycles. The lowest BCUT2D eigenvalue weighted by Crippen LogP contribution is -2.17. The molecule has 3 aromatic rings. The lowest BCUT2D eigenvalue weighted by molar-refractivity contribution is -0.116. The summed E-state index contributed by atoms with van der Waals surface area (Å²) in [5.41, 5.74) is 3.15. The second-order valence-corrected chi connectivity index (χ2v) is 6.35. The average molecular weight is 360 g/mol. The number of amides is 1. The van der Waals surface area contributed by atoms with E-state index in [1.807, 2.05) is 72.8 Å². The molecule has 1 N–H and O–H groups in total. The lowest BCUT2D eigenvalue weighted by Gasteiger charge is -2.19. The Labute approximate surface area is 160 Å². The molecule has 0 aliphatic heterocycles. The van der Waals surface area contributed by atoms with Crippen LogP contribution in [0.25, 0.3) is 0 Å². The Bertz CT molecular complexity index is 833. The van der Waals surface area contributed by atoms with E-state index >= 15 is 0 Å². The summed E-state index contributed by atoms with van der Waals surface area (Å²) in [6.45, 7) is 1.19. The van der Waals surface area contributed by atoms with Crippen LogP contribution in [0.4, 0.5) is 11.4 Å². The van der Waals surface area contributed by atoms with Gasteiger partial charge in [0.25, 0.3) is 0 Å². The number of nitrogens with one attached hydrogen (secondary N) is 1. The van der Waals surface area contributed by atoms with E-state index in [1.165, 1.54) is 5.56 Å². The van der Waals surface area contributed by atoms with Gasteiger partial charge in [0, 0.05) is 25.0 Å². The Hall–Kier alpha value is -3.27. The number of nitrogens with zero attached hydrogens (tertiary/aromatic N) is 1. The van der Waals surface area contributed by atoms with Crippen LogP contribution in [0.15, 0.2) is 84.9 Å². The second-order valence-electron chi connectivity index (χ2n) is 6.35. The van der Waals surface area contributed by atoms with Crippen molar-refractivity contribution in [2.24, 2.45) is 0 Å². The minimum Gasteiger partial charge on any atom is -0.493 e. The summed E-state index contributed by atoms with van der Waals surface area (Å²) in [5, 5.41) is 2.91. The third-order valence-corrected chi connectivity index (χ3v) is 4.20. The maximum Gasteiger partial charge on any atom is 0.227 e. The van der Waals surface area contributed by atoms with E-state index in [9.17, 15) is 4.79 Å². The normalized spacial score (nSPS) is 10.3. The predicted octanol–water partition coefficient (Wildman–Crippen LogP) is 4.73. The molecule has 27 heavy (non-hydrogen) atoms. The van der Waals surface area contributed by atoms with E-state index in [2.05, 4.69) is 29.4 Å². The highest BCUT2D eigenvalue weighted by Crippen LogP contribution is 2.19. The number of hydrogen-bond donors (Lipinski definition) is 1. The summed E-state index contributed by atoms with van der Waals surface area (Å²) in [7, 11) is 2.06. The van der Waals surface area contributed by atoms with Crippen LogP contribution in [0.2, 0.25) is 0 Å². The van der Waals surface area contributed by atoms with Crippen LogP contribution in [-0.4, -0.2) is 19.6 Å². The van der Waals surface area contributed by atoms with Crippen molar-refractivity contribution < 1.29 is 9.53 Å². The molecule has 1 amide bonds. The van der Waals surface area contributed by atoms with E-state index in [0.29, 0.717) is 13.0 Å². The Morgan fingerprint density at radius 1 is 0.889 bits per heavy atom. The van der Waals surface area contributed by atoms with Crippen LogP contribution in [-0.2, 0) is 11.3 Å². The zero-order valence-corrected chi connectivity index (χ0v) is 15.5. The van der Waals surface area contributed by atoms with Crippen LogP contribution in [0.5, 0.6) is 5.75 Å². The van der Waals surface area contributed by atoms with Gasteiger partial charge in [-0.05, 0) is 42.0 Å². The Kier molecular flexibility index (Phi) is 6.47. The molecule has 138 valence electrons. The van der Waals surface area contributed by atoms with Crippen molar-refractivity contribution in [2.45, 2.75) is 13.0 Å². The van der Waals surface area contributed by atoms with Crippen molar-refractivity contribution in [3.63, 3.8) is 0 Å². The number of rotatable bonds is 8. The quantitative estimate of drug-likeness (QED) is 0.631. The highest BCUT2D eigenvalue weighted by Gasteiger charge is 2.05. The molecular formula is C23H24N2O2. The summed E-state index contributed by atoms with van der Waals surface area (Å²) >= 11 is 0. The molecule has 0 aromatic heterocycles. The molecule has 0 unspecified atom stereocenters. The third-order valence-electron chi connectivity index (χ3n) is 4.20. The van der Waals surface area contributed by atoms with Gasteiger partial charge in [0.1, 0.15) is 5.75 Å². The smallest absolute Gasteiger partial charge is 0.227 e. The highest BCUT2D eigenvalue weighted by molar-refractivity contribution is 5.90. The van der Waals surface area contributed by atoms with Crippen LogP contribution >= 0.6 is 0 Å². The number of hydrogen-bond acceptors (Lipinski definition) is 3. The van der Waals surface area contributed by atoms with Gasteiger partial charge in [-0.1, -0.05) is 48.5 Å². The summed E-state index contributed by atoms with van der Waals surface area (Å²) in [4.78, 5) is 14.2. The maximum absolute atomic E-state index is 12.1. The van der Waals surface area contributed by atoms with Crippen LogP contribution in [0.3, 0.4) is 0 Å². The van der Waals surface area contributed by atoms with Crippen LogP contribution in [0, 0.1) is 0 Å². The SMILES string of the molecule is CN(Cc1ccccc1)c1ccc(NC(=O)CCOc2ccccc2)cc1. The van der Waals surface area contributed by atoms with E-state index in [1.54, 1.807) is 0 Å². The van der Waals surface area contributed by atoms with Gasteiger partial charge in [-0.3, -0.25) is 4.79 Å². The molecule has 0 bridgehead atoms. The fraction of sp³-hybridized carbons (Fsp3) is 0.174. The monoisotopic (exact) mass is 360 g/mol. The van der Waals surface area contributed by atoms with Crippen LogP contribution in [0.1, 0.15) is 12.0 Å². The van der Waals surface area contributed by atoms with E-state index in [0.717, 1.165) is 23.7 Å². The molecule has 0 fully saturated rings. The molecule has 0 spiro atoms. The van der Waals surface area contributed by atoms with Crippen molar-refractivity contribution >= 4 is 17.3 Å². The molecule has 0 aliphatic rings. The Morgan fingerprint density at radius 3 is 2.19 bits per heavy atom. The summed E-state index contributed by atoms with van der Waals surface area (Å²) in [5.74, 6) is 0.715. The van der Waals surface area contributed by atoms with Gasteiger partial charge in [-0.2, -0.15) is 0 Å². The van der Waals surface area contributed by atoms with Crippen molar-refractivity contribution in [1.29, 1.82) is 0 Å². The van der Waals surface area contributed by atoms with Gasteiger partial charge < -0.3 is 15.0 Å². The molecule has 0 saturated heterocycles. The van der Waals surface area contributed by atoms with E-state index in [4.69, 9.17) is 4.74 Å². The first kappa shape index (κ1) is 18.5. The minimum atomic E-state index is -0.0590. The first-order chi connectivity index (χ1) is 13.2. The number of ether oxygens (including phenoxy) is 1. The van der Waals surface area contributed by atoms with Crippen molar-refractivity contribution in [2.75, 3.05) is 23.9 Å². The highest BCUT2D eigenvalue weighted by atomic mass is 16.5. The van der Waals surface area contributed by atoms with Gasteiger partial charge in [0.05, 0.1) is 13.0 Å². The fourth-order valence-corrected chi connectivity index (χ4v) is 2.75. The molecule has 3 rings (SSSR count). The number of carbonyl (C=O) groups excluding carboxylic acids is 1. The predicted molar refractivity (Wildman–Crippen MR) is 110 cm³/mol. The molecule has 4 nitrogen and oxygen atoms in total. The number of anilines is 2. The molecule has 4 heteroatoms. The van der Waals surface area contributed by atoms with Gasteiger partial charge in [-0.15, -0.1) is 0 Å². The van der Waals surface area contributed by atoms with Gasteiger partial charge in [0.15, 0.2) is 0 Å². The average Bonchev–Trinajstić information content (AvgIpc) is 2.70. The Morgan fingerprint density at radius 2 is 1.52 bits per heavy atom. The van der Waals surface area contributed by atoms with E-state index < -0.39 is 0 Å². The fourth-order valence-electron chi connectivity index (χ4n) is 2.75. The maximum atomic E-state index is 12.1. The molecular weight excluding hydrogens is 336 g/mol. The van der Waals surface area contributed by atoms with Crippen molar-refractivity contribution in [1.82, 2.24) is 0 Å². The summed E-state index contributed by atoms with van der Waals surface area (Å²) in [6, 6.07) is 27.7. The molecule has 0 heterocycles. The minimum absolute atomic E-state index is 0.0590. The standard InChI is InChI=1S/C23H24N2O2/c1-25(18-19-8-4-2-5-9-19)21-14-12-20(13-15-21)24-23(26)16-17-27-22-10-6-3-7-11-22/h2-15H,16-18H2,1H3,(H,24,26). The topological polar surface area (TPSA) is 41.6 Å². The van der Waals surface area contributed by atoms with Gasteiger partial charge in [0.2, 0.25) is 5.91 Å². The number of carbonyl (C=O) groups is 1. The Balaban J connectivity index is 1.46. The van der Waals surface area contributed by atoms with Crippen molar-refractivity contribution in [3.05, 3.63) is 90.5 Å². The molecule has 0 aliphatic carbocycles. The zero-order valence-electron chi connectivity index (χ0n) is 15.5. The lowest BCUT2D eigenvalue weighted by atomic mass is 10.2. The number of benzene rings is 3. The first-order valence-electron chi connectivity index (χ1n) is 9.03. The van der Waals surface area contributed by atoms with Crippen LogP contribution < -0.4 is 15.0 Å². The first-order valence-corrected chi connectivity index (χ1v) is 9.03. The van der Waals surface area contributed by atoms with Crippen molar-refractivity contribution in [3.8, 4) is 5.75 Å². The summed E-state index contributed by atoms with van der Waals surface area (Å²) in [6.07, 6.45) is 0.310. The molecule has 0 atom stereocenters. The molecule has 0 radical (unpaired) electrons.